The van der Waals surface area contributed by atoms with Gasteiger partial charge in [-0.05, 0) is 0 Å². The second-order valence-electron chi connectivity index (χ2n) is 6.10. The molecule has 1 heteroatoms. The summed E-state index contributed by atoms with van der Waals surface area (Å²) in [7, 11) is 0. The second kappa shape index (κ2) is 4.12. The van der Waals surface area contributed by atoms with E-state index in [1.165, 1.54) is 12.8 Å². The molecule has 0 saturated heterocycles. The zero-order valence-corrected chi connectivity index (χ0v) is 13.8. The summed E-state index contributed by atoms with van der Waals surface area (Å²) in [6, 6.07) is 0. The molecule has 0 amide bonds. The van der Waals surface area contributed by atoms with Crippen LogP contribution in [-0.2, 0) is 0 Å². The molecule has 0 aromatic heterocycles. The van der Waals surface area contributed by atoms with Crippen molar-refractivity contribution in [2.75, 3.05) is 0 Å². The third-order valence-electron chi connectivity index (χ3n) is 5.15. The van der Waals surface area contributed by atoms with Crippen LogP contribution in [0.2, 0.25) is 16.7 Å². The van der Waals surface area contributed by atoms with E-state index in [9.17, 15) is 0 Å². The molecule has 0 heterocycles. The Morgan fingerprint density at radius 3 is 1.15 bits per heavy atom. The van der Waals surface area contributed by atoms with E-state index in [4.69, 9.17) is 0 Å². The van der Waals surface area contributed by atoms with Gasteiger partial charge in [0.25, 0.3) is 0 Å². The zero-order chi connectivity index (χ0) is 10.9. The van der Waals surface area contributed by atoms with Gasteiger partial charge in [-0.3, -0.25) is 0 Å². The fourth-order valence-corrected chi connectivity index (χ4v) is 12.1. The van der Waals surface area contributed by atoms with Crippen LogP contribution in [0.4, 0.5) is 0 Å². The summed E-state index contributed by atoms with van der Waals surface area (Å²) < 4.78 is 1.27. The zero-order valence-electron chi connectivity index (χ0n) is 10.9. The molecule has 0 spiro atoms. The van der Waals surface area contributed by atoms with E-state index in [2.05, 4.69) is 51.4 Å². The monoisotopic (exact) mass is 292 g/mol. The molecule has 0 saturated carbocycles. The van der Waals surface area contributed by atoms with Gasteiger partial charge in [0, 0.05) is 0 Å². The van der Waals surface area contributed by atoms with E-state index in [-0.39, 0.29) is 0 Å². The summed E-state index contributed by atoms with van der Waals surface area (Å²) >= 11 is -1.95. The Morgan fingerprint density at radius 2 is 1.00 bits per heavy atom. The van der Waals surface area contributed by atoms with Crippen molar-refractivity contribution in [3.63, 3.8) is 0 Å². The van der Waals surface area contributed by atoms with Crippen LogP contribution in [0.3, 0.4) is 0 Å². The van der Waals surface area contributed by atoms with Crippen molar-refractivity contribution < 1.29 is 0 Å². The summed E-state index contributed by atoms with van der Waals surface area (Å²) in [4.78, 5) is 5.25. The first-order valence-corrected chi connectivity index (χ1v) is 14.2. The molecular formula is C12H28Sn. The quantitative estimate of drug-likeness (QED) is 0.634. The Hall–Kier alpha value is 0.799. The molecule has 80 valence electrons. The third-order valence-corrected chi connectivity index (χ3v) is 26.5. The summed E-state index contributed by atoms with van der Waals surface area (Å²) in [6.07, 6.45) is 2.69. The molecule has 0 aromatic rings. The SMILES string of the molecule is CC[C](C)(C)[Sn]([CH3])([CH3])[C](C)(C)CC. The van der Waals surface area contributed by atoms with Gasteiger partial charge in [-0.15, -0.1) is 0 Å². The molecule has 0 bridgehead atoms. The molecular weight excluding hydrogens is 263 g/mol. The standard InChI is InChI=1S/2C5H11.2CH3.Sn/c2*1-4-5(2)3;;;/h2*4H2,1-3H3;2*1H3;. The fraction of sp³-hybridized carbons (Fsp3) is 1.00. The van der Waals surface area contributed by atoms with Crippen LogP contribution < -0.4 is 0 Å². The van der Waals surface area contributed by atoms with Gasteiger partial charge in [-0.25, -0.2) is 0 Å². The fourth-order valence-electron chi connectivity index (χ4n) is 1.80. The van der Waals surface area contributed by atoms with Crippen LogP contribution in [-0.4, -0.2) is 18.4 Å². The molecule has 13 heavy (non-hydrogen) atoms. The van der Waals surface area contributed by atoms with Crippen LogP contribution in [0.5, 0.6) is 0 Å². The molecule has 0 unspecified atom stereocenters. The van der Waals surface area contributed by atoms with Crippen molar-refractivity contribution >= 4 is 18.4 Å². The normalized spacial score (nSPS) is 14.8. The van der Waals surface area contributed by atoms with Crippen molar-refractivity contribution in [3.05, 3.63) is 0 Å². The molecule has 0 N–H and O–H groups in total. The summed E-state index contributed by atoms with van der Waals surface area (Å²) in [5.74, 6) is 0. The van der Waals surface area contributed by atoms with Gasteiger partial charge in [-0.1, -0.05) is 0 Å². The molecule has 0 aliphatic carbocycles. The minimum absolute atomic E-state index is 0.633. The van der Waals surface area contributed by atoms with Crippen LogP contribution in [0, 0.1) is 0 Å². The van der Waals surface area contributed by atoms with Crippen LogP contribution in [0.1, 0.15) is 54.4 Å². The molecule has 0 atom stereocenters. The van der Waals surface area contributed by atoms with Crippen molar-refractivity contribution in [2.45, 2.75) is 71.1 Å². The molecule has 0 nitrogen and oxygen atoms in total. The van der Waals surface area contributed by atoms with Crippen molar-refractivity contribution in [3.8, 4) is 0 Å². The number of rotatable bonds is 4. The topological polar surface area (TPSA) is 0 Å². The molecule has 0 rings (SSSR count). The molecule has 0 aromatic carbocycles. The Labute approximate surface area is 89.4 Å². The third kappa shape index (κ3) is 2.43. The first kappa shape index (κ1) is 13.8. The Morgan fingerprint density at radius 1 is 0.769 bits per heavy atom. The van der Waals surface area contributed by atoms with Crippen molar-refractivity contribution in [1.29, 1.82) is 0 Å². The summed E-state index contributed by atoms with van der Waals surface area (Å²) in [5, 5.41) is 0. The van der Waals surface area contributed by atoms with E-state index in [0.717, 1.165) is 0 Å². The van der Waals surface area contributed by atoms with E-state index in [1.54, 1.807) is 0 Å². The van der Waals surface area contributed by atoms with E-state index in [1.807, 2.05) is 0 Å². The Kier molecular flexibility index (Phi) is 4.37. The Bertz CT molecular complexity index is 148. The Balaban J connectivity index is 4.95. The number of hydrogen-bond acceptors (Lipinski definition) is 0. The predicted octanol–water partition coefficient (Wildman–Crippen LogP) is 5.08. The average Bonchev–Trinajstić information content (AvgIpc) is 2.03. The van der Waals surface area contributed by atoms with E-state index in [0.29, 0.717) is 6.86 Å². The number of hydrogen-bond donors (Lipinski definition) is 0. The van der Waals surface area contributed by atoms with Gasteiger partial charge in [0.15, 0.2) is 0 Å². The second-order valence-corrected chi connectivity index (χ2v) is 23.1. The van der Waals surface area contributed by atoms with E-state index >= 15 is 0 Å². The maximum absolute atomic E-state index is 2.63. The van der Waals surface area contributed by atoms with Gasteiger partial charge in [0.05, 0.1) is 0 Å². The van der Waals surface area contributed by atoms with Gasteiger partial charge >= 0.3 is 89.5 Å². The van der Waals surface area contributed by atoms with Crippen molar-refractivity contribution in [2.24, 2.45) is 0 Å². The van der Waals surface area contributed by atoms with Gasteiger partial charge in [0.1, 0.15) is 0 Å². The van der Waals surface area contributed by atoms with Gasteiger partial charge < -0.3 is 0 Å². The van der Waals surface area contributed by atoms with Crippen LogP contribution in [0.15, 0.2) is 0 Å². The molecule has 0 fully saturated rings. The van der Waals surface area contributed by atoms with Crippen LogP contribution >= 0.6 is 0 Å². The summed E-state index contributed by atoms with van der Waals surface area (Å²) in [5.41, 5.74) is 0. The first-order chi connectivity index (χ1) is 5.62. The first-order valence-electron chi connectivity index (χ1n) is 5.62. The average molecular weight is 291 g/mol. The van der Waals surface area contributed by atoms with Crippen LogP contribution in [0.25, 0.3) is 0 Å². The van der Waals surface area contributed by atoms with Gasteiger partial charge in [0.2, 0.25) is 0 Å². The molecule has 0 aliphatic rings. The van der Waals surface area contributed by atoms with E-state index < -0.39 is 18.4 Å². The maximum atomic E-state index is 2.63. The minimum atomic E-state index is -1.95. The summed E-state index contributed by atoms with van der Waals surface area (Å²) in [6.45, 7) is 14.6. The van der Waals surface area contributed by atoms with Gasteiger partial charge in [-0.2, -0.15) is 0 Å². The predicted molar refractivity (Wildman–Crippen MR) is 66.1 cm³/mol. The van der Waals surface area contributed by atoms with Crippen molar-refractivity contribution in [1.82, 2.24) is 0 Å². The molecule has 0 aliphatic heterocycles. The molecule has 0 radical (unpaired) electrons.